The van der Waals surface area contributed by atoms with Crippen LogP contribution in [0.3, 0.4) is 0 Å². The van der Waals surface area contributed by atoms with E-state index in [0.717, 1.165) is 24.0 Å². The van der Waals surface area contributed by atoms with Gasteiger partial charge in [0.25, 0.3) is 5.92 Å². The third kappa shape index (κ3) is 5.39. The van der Waals surface area contributed by atoms with Crippen molar-refractivity contribution < 1.29 is 8.78 Å². The smallest absolute Gasteiger partial charge is 0.201 e. The maximum Gasteiger partial charge on any atom is 0.277 e. The van der Waals surface area contributed by atoms with Crippen molar-refractivity contribution in [1.82, 2.24) is 0 Å². The molecule has 28 heavy (non-hydrogen) atoms. The van der Waals surface area contributed by atoms with Crippen LogP contribution in [0.5, 0.6) is 0 Å². The molecule has 0 nitrogen and oxygen atoms in total. The van der Waals surface area contributed by atoms with E-state index in [1.165, 1.54) is 23.3 Å². The number of hydrogen-bond acceptors (Lipinski definition) is 0. The molecule has 0 unspecified atom stereocenters. The van der Waals surface area contributed by atoms with Gasteiger partial charge in [-0.15, -0.1) is 0 Å². The minimum Gasteiger partial charge on any atom is -0.201 e. The molecule has 2 heteroatoms. The Balaban J connectivity index is 1.67. The van der Waals surface area contributed by atoms with E-state index >= 15 is 0 Å². The van der Waals surface area contributed by atoms with Crippen LogP contribution in [-0.4, -0.2) is 0 Å². The highest BCUT2D eigenvalue weighted by Gasteiger charge is 2.31. The van der Waals surface area contributed by atoms with E-state index < -0.39 is 5.92 Å². The fraction of sp³-hybridized carbons (Fsp3) is 0.231. The molecule has 0 bridgehead atoms. The van der Waals surface area contributed by atoms with Gasteiger partial charge in [0.15, 0.2) is 0 Å². The number of halogens is 2. The minimum absolute atomic E-state index is 0.0534. The predicted octanol–water partition coefficient (Wildman–Crippen LogP) is 7.45. The molecule has 3 aromatic rings. The van der Waals surface area contributed by atoms with Gasteiger partial charge in [-0.25, -0.2) is 8.78 Å². The van der Waals surface area contributed by atoms with Gasteiger partial charge in [0.1, 0.15) is 0 Å². The second-order valence-electron chi connectivity index (χ2n) is 7.31. The molecule has 0 radical (unpaired) electrons. The zero-order valence-corrected chi connectivity index (χ0v) is 16.5. The van der Waals surface area contributed by atoms with Crippen LogP contribution in [-0.2, 0) is 18.8 Å². The van der Waals surface area contributed by atoms with Crippen molar-refractivity contribution in [3.63, 3.8) is 0 Å². The van der Waals surface area contributed by atoms with Crippen LogP contribution in [0.4, 0.5) is 8.78 Å². The third-order valence-electron chi connectivity index (χ3n) is 4.87. The molecule has 0 atom stereocenters. The van der Waals surface area contributed by atoms with Crippen LogP contribution in [0, 0.1) is 6.92 Å². The Morgan fingerprint density at radius 3 is 1.75 bits per heavy atom. The minimum atomic E-state index is -2.88. The lowest BCUT2D eigenvalue weighted by Crippen LogP contribution is -2.16. The average molecular weight is 376 g/mol. The fourth-order valence-electron chi connectivity index (χ4n) is 3.18. The van der Waals surface area contributed by atoms with Crippen LogP contribution >= 0.6 is 0 Å². The molecule has 0 saturated heterocycles. The Morgan fingerprint density at radius 1 is 0.714 bits per heavy atom. The first-order valence-electron chi connectivity index (χ1n) is 9.77. The third-order valence-corrected chi connectivity index (χ3v) is 4.87. The van der Waals surface area contributed by atoms with Crippen LogP contribution in [0.25, 0.3) is 12.2 Å². The van der Waals surface area contributed by atoms with Crippen molar-refractivity contribution in [1.29, 1.82) is 0 Å². The van der Waals surface area contributed by atoms with E-state index in [0.29, 0.717) is 5.56 Å². The van der Waals surface area contributed by atoms with Crippen LogP contribution in [0.15, 0.2) is 72.8 Å². The van der Waals surface area contributed by atoms with E-state index in [1.54, 1.807) is 12.1 Å². The van der Waals surface area contributed by atoms with Crippen molar-refractivity contribution in [2.75, 3.05) is 0 Å². The molecular weight excluding hydrogens is 350 g/mol. The number of hydrogen-bond donors (Lipinski definition) is 0. The highest BCUT2D eigenvalue weighted by atomic mass is 19.3. The van der Waals surface area contributed by atoms with Crippen molar-refractivity contribution in [2.24, 2.45) is 0 Å². The highest BCUT2D eigenvalue weighted by Crippen LogP contribution is 2.32. The molecule has 0 heterocycles. The molecule has 0 N–H and O–H groups in total. The molecule has 0 fully saturated rings. The molecule has 0 aliphatic heterocycles. The van der Waals surface area contributed by atoms with Gasteiger partial charge in [-0.05, 0) is 35.6 Å². The van der Waals surface area contributed by atoms with Gasteiger partial charge in [0, 0.05) is 12.0 Å². The summed E-state index contributed by atoms with van der Waals surface area (Å²) in [6, 6.07) is 22.3. The highest BCUT2D eigenvalue weighted by molar-refractivity contribution is 5.69. The molecular formula is C26H26F2. The summed E-state index contributed by atoms with van der Waals surface area (Å²) >= 11 is 0. The summed E-state index contributed by atoms with van der Waals surface area (Å²) in [5, 5.41) is 0. The van der Waals surface area contributed by atoms with Crippen LogP contribution in [0.1, 0.15) is 46.7 Å². The summed E-state index contributed by atoms with van der Waals surface area (Å²) in [6.07, 6.45) is 5.69. The zero-order valence-electron chi connectivity index (χ0n) is 16.5. The molecule has 0 saturated carbocycles. The SMILES string of the molecule is CCCc1ccc(CC(F)(F)c2ccc(C=Cc3ccc(C)cc3)cc2)cc1. The largest absolute Gasteiger partial charge is 0.277 e. The summed E-state index contributed by atoms with van der Waals surface area (Å²) < 4.78 is 29.4. The molecule has 0 amide bonds. The molecule has 0 spiro atoms. The molecule has 0 aliphatic rings. The molecule has 3 rings (SSSR count). The standard InChI is InChI=1S/C26H26F2/c1-3-4-21-11-13-24(14-12-21)19-26(27,28)25-17-15-23(16-18-25)10-9-22-7-5-20(2)6-8-22/h5-18H,3-4,19H2,1-2H3. The lowest BCUT2D eigenvalue weighted by molar-refractivity contribution is -0.00382. The number of rotatable bonds is 7. The molecule has 3 aromatic carbocycles. The number of aryl methyl sites for hydroxylation is 2. The molecule has 144 valence electrons. The lowest BCUT2D eigenvalue weighted by atomic mass is 9.98. The normalized spacial score (nSPS) is 11.9. The Bertz CT molecular complexity index is 902. The molecule has 0 aliphatic carbocycles. The van der Waals surface area contributed by atoms with E-state index in [2.05, 4.69) is 19.1 Å². The van der Waals surface area contributed by atoms with E-state index in [-0.39, 0.29) is 12.0 Å². The van der Waals surface area contributed by atoms with E-state index in [4.69, 9.17) is 0 Å². The summed E-state index contributed by atoms with van der Waals surface area (Å²) in [7, 11) is 0. The van der Waals surface area contributed by atoms with E-state index in [1.807, 2.05) is 55.5 Å². The molecule has 0 aromatic heterocycles. The van der Waals surface area contributed by atoms with E-state index in [9.17, 15) is 8.78 Å². The van der Waals surface area contributed by atoms with Gasteiger partial charge in [-0.2, -0.15) is 0 Å². The maximum absolute atomic E-state index is 14.7. The summed E-state index contributed by atoms with van der Waals surface area (Å²) in [5.41, 5.74) is 5.12. The second-order valence-corrected chi connectivity index (χ2v) is 7.31. The first kappa shape index (κ1) is 20.0. The predicted molar refractivity (Wildman–Crippen MR) is 115 cm³/mol. The Kier molecular flexibility index (Phi) is 6.41. The van der Waals surface area contributed by atoms with Gasteiger partial charge in [0.2, 0.25) is 0 Å². The van der Waals surface area contributed by atoms with Gasteiger partial charge < -0.3 is 0 Å². The van der Waals surface area contributed by atoms with Crippen LogP contribution < -0.4 is 0 Å². The van der Waals surface area contributed by atoms with Crippen molar-refractivity contribution in [2.45, 2.75) is 39.0 Å². The summed E-state index contributed by atoms with van der Waals surface area (Å²) in [6.45, 7) is 4.16. The summed E-state index contributed by atoms with van der Waals surface area (Å²) in [4.78, 5) is 0. The fourth-order valence-corrected chi connectivity index (χ4v) is 3.18. The first-order chi connectivity index (χ1) is 13.5. The monoisotopic (exact) mass is 376 g/mol. The van der Waals surface area contributed by atoms with Gasteiger partial charge in [0.05, 0.1) is 0 Å². The average Bonchev–Trinajstić information content (AvgIpc) is 2.69. The first-order valence-corrected chi connectivity index (χ1v) is 9.77. The van der Waals surface area contributed by atoms with Crippen LogP contribution in [0.2, 0.25) is 0 Å². The quantitative estimate of drug-likeness (QED) is 0.376. The Morgan fingerprint density at radius 2 is 1.21 bits per heavy atom. The van der Waals surface area contributed by atoms with Crippen molar-refractivity contribution in [3.05, 3.63) is 106 Å². The number of alkyl halides is 2. The lowest BCUT2D eigenvalue weighted by Gasteiger charge is -2.17. The second kappa shape index (κ2) is 8.97. The maximum atomic E-state index is 14.7. The number of benzene rings is 3. The Hall–Kier alpha value is -2.74. The zero-order chi connectivity index (χ0) is 20.0. The van der Waals surface area contributed by atoms with Crippen molar-refractivity contribution >= 4 is 12.2 Å². The van der Waals surface area contributed by atoms with Gasteiger partial charge in [-0.3, -0.25) is 0 Å². The van der Waals surface area contributed by atoms with Gasteiger partial charge >= 0.3 is 0 Å². The summed E-state index contributed by atoms with van der Waals surface area (Å²) in [5.74, 6) is -2.88. The van der Waals surface area contributed by atoms with Crippen molar-refractivity contribution in [3.8, 4) is 0 Å². The Labute approximate surface area is 166 Å². The topological polar surface area (TPSA) is 0 Å². The van der Waals surface area contributed by atoms with Gasteiger partial charge in [-0.1, -0.05) is 104 Å².